The van der Waals surface area contributed by atoms with E-state index >= 15 is 0 Å². The zero-order valence-electron chi connectivity index (χ0n) is 10.1. The summed E-state index contributed by atoms with van der Waals surface area (Å²) in [6.45, 7) is 1.99. The van der Waals surface area contributed by atoms with Crippen molar-refractivity contribution >= 4 is 17.3 Å². The first kappa shape index (κ1) is 12.6. The van der Waals surface area contributed by atoms with E-state index in [1.54, 1.807) is 12.5 Å². The van der Waals surface area contributed by atoms with Crippen molar-refractivity contribution < 1.29 is 14.6 Å². The number of carbonyl (C=O) groups is 1. The molecule has 0 fully saturated rings. The average molecular weight is 263 g/mol. The number of benzene rings is 1. The summed E-state index contributed by atoms with van der Waals surface area (Å²) in [4.78, 5) is 14.9. The number of thiazole rings is 1. The van der Waals surface area contributed by atoms with Gasteiger partial charge in [0.25, 0.3) is 0 Å². The summed E-state index contributed by atoms with van der Waals surface area (Å²) in [5, 5.41) is 11.3. The number of aliphatic carboxylic acids is 1. The minimum Gasteiger partial charge on any atom is -0.496 e. The highest BCUT2D eigenvalue weighted by molar-refractivity contribution is 7.13. The number of aromatic nitrogens is 1. The predicted octanol–water partition coefficient (Wildman–Crippen LogP) is 2.75. The Bertz CT molecular complexity index is 577. The lowest BCUT2D eigenvalue weighted by Crippen LogP contribution is -2.00. The molecule has 0 unspecified atom stereocenters. The molecule has 4 nitrogen and oxygen atoms in total. The van der Waals surface area contributed by atoms with E-state index in [-0.39, 0.29) is 6.42 Å². The highest BCUT2D eigenvalue weighted by atomic mass is 32.1. The molecule has 1 heterocycles. The molecule has 0 spiro atoms. The molecule has 2 aromatic rings. The van der Waals surface area contributed by atoms with Gasteiger partial charge in [-0.15, -0.1) is 11.3 Å². The molecule has 0 atom stereocenters. The number of rotatable bonds is 4. The van der Waals surface area contributed by atoms with Gasteiger partial charge in [0.05, 0.1) is 24.8 Å². The fourth-order valence-electron chi connectivity index (χ4n) is 1.64. The Kier molecular flexibility index (Phi) is 3.62. The van der Waals surface area contributed by atoms with Gasteiger partial charge in [-0.1, -0.05) is 6.07 Å². The van der Waals surface area contributed by atoms with Crippen LogP contribution in [0.4, 0.5) is 0 Å². The molecule has 0 aliphatic carbocycles. The second kappa shape index (κ2) is 5.18. The number of carboxylic acid groups (broad SMARTS) is 1. The maximum Gasteiger partial charge on any atom is 0.309 e. The van der Waals surface area contributed by atoms with Gasteiger partial charge >= 0.3 is 5.97 Å². The topological polar surface area (TPSA) is 59.4 Å². The van der Waals surface area contributed by atoms with E-state index in [0.717, 1.165) is 21.9 Å². The molecule has 0 saturated carbocycles. The smallest absolute Gasteiger partial charge is 0.309 e. The number of hydrogen-bond donors (Lipinski definition) is 1. The van der Waals surface area contributed by atoms with Gasteiger partial charge < -0.3 is 9.84 Å². The second-order valence-electron chi connectivity index (χ2n) is 3.92. The molecule has 94 valence electrons. The van der Waals surface area contributed by atoms with Gasteiger partial charge in [0.15, 0.2) is 0 Å². The van der Waals surface area contributed by atoms with Crippen molar-refractivity contribution in [3.8, 4) is 16.3 Å². The van der Waals surface area contributed by atoms with Crippen LogP contribution in [0.3, 0.4) is 0 Å². The van der Waals surface area contributed by atoms with E-state index in [2.05, 4.69) is 4.98 Å². The third-order valence-corrected chi connectivity index (χ3v) is 3.40. The van der Waals surface area contributed by atoms with Crippen LogP contribution in [0.25, 0.3) is 10.6 Å². The first-order valence-electron chi connectivity index (χ1n) is 5.41. The van der Waals surface area contributed by atoms with Crippen LogP contribution in [0, 0.1) is 6.92 Å². The third-order valence-electron chi connectivity index (χ3n) is 2.47. The maximum absolute atomic E-state index is 10.6. The van der Waals surface area contributed by atoms with Crippen LogP contribution in [0.1, 0.15) is 11.3 Å². The van der Waals surface area contributed by atoms with Crippen molar-refractivity contribution in [2.45, 2.75) is 13.3 Å². The van der Waals surface area contributed by atoms with Gasteiger partial charge in [-0.05, 0) is 24.6 Å². The fraction of sp³-hybridized carbons (Fsp3) is 0.231. The number of methoxy groups -OCH3 is 1. The molecule has 0 radical (unpaired) electrons. The number of nitrogens with zero attached hydrogens (tertiary/aromatic N) is 1. The lowest BCUT2D eigenvalue weighted by Gasteiger charge is -2.06. The molecular formula is C13H13NO3S. The molecule has 0 bridgehead atoms. The van der Waals surface area contributed by atoms with E-state index in [1.807, 2.05) is 25.1 Å². The largest absolute Gasteiger partial charge is 0.496 e. The highest BCUT2D eigenvalue weighted by Gasteiger charge is 2.11. The number of ether oxygens (including phenoxy) is 1. The number of aryl methyl sites for hydroxylation is 1. The Morgan fingerprint density at radius 1 is 1.50 bits per heavy atom. The molecule has 1 aromatic carbocycles. The molecule has 1 aromatic heterocycles. The Morgan fingerprint density at radius 3 is 2.94 bits per heavy atom. The van der Waals surface area contributed by atoms with Gasteiger partial charge in [0.2, 0.25) is 0 Å². The molecule has 0 aliphatic heterocycles. The van der Waals surface area contributed by atoms with Gasteiger partial charge in [0, 0.05) is 5.38 Å². The SMILES string of the molecule is COc1cc(C)ccc1-c1nc(CC(=O)O)cs1. The van der Waals surface area contributed by atoms with Crippen molar-refractivity contribution in [3.63, 3.8) is 0 Å². The molecule has 0 aliphatic rings. The van der Waals surface area contributed by atoms with Crippen LogP contribution in [-0.2, 0) is 11.2 Å². The van der Waals surface area contributed by atoms with Gasteiger partial charge in [-0.25, -0.2) is 4.98 Å². The normalized spacial score (nSPS) is 10.3. The first-order valence-corrected chi connectivity index (χ1v) is 6.29. The molecule has 18 heavy (non-hydrogen) atoms. The number of carboxylic acids is 1. The molecule has 2 rings (SSSR count). The summed E-state index contributed by atoms with van der Waals surface area (Å²) in [5.41, 5.74) is 2.58. The molecule has 0 saturated heterocycles. The Morgan fingerprint density at radius 2 is 2.28 bits per heavy atom. The third kappa shape index (κ3) is 2.68. The van der Waals surface area contributed by atoms with E-state index in [1.165, 1.54) is 11.3 Å². The van der Waals surface area contributed by atoms with Gasteiger partial charge in [-0.2, -0.15) is 0 Å². The summed E-state index contributed by atoms with van der Waals surface area (Å²) in [5.74, 6) is -0.117. The summed E-state index contributed by atoms with van der Waals surface area (Å²) >= 11 is 1.43. The summed E-state index contributed by atoms with van der Waals surface area (Å²) in [7, 11) is 1.62. The second-order valence-corrected chi connectivity index (χ2v) is 4.78. The van der Waals surface area contributed by atoms with Crippen molar-refractivity contribution in [2.75, 3.05) is 7.11 Å². The summed E-state index contributed by atoms with van der Waals surface area (Å²) < 4.78 is 5.32. The summed E-state index contributed by atoms with van der Waals surface area (Å²) in [6.07, 6.45) is -0.0509. The molecule has 1 N–H and O–H groups in total. The van der Waals surface area contributed by atoms with E-state index in [9.17, 15) is 4.79 Å². The lowest BCUT2D eigenvalue weighted by molar-refractivity contribution is -0.136. The average Bonchev–Trinajstić information content (AvgIpc) is 2.76. The molecule has 5 heteroatoms. The minimum absolute atomic E-state index is 0.0509. The first-order chi connectivity index (χ1) is 8.60. The van der Waals surface area contributed by atoms with Crippen molar-refractivity contribution in [1.82, 2.24) is 4.98 Å². The Labute approximate surface area is 109 Å². The zero-order chi connectivity index (χ0) is 13.1. The molecule has 0 amide bonds. The van der Waals surface area contributed by atoms with Crippen LogP contribution >= 0.6 is 11.3 Å². The van der Waals surface area contributed by atoms with Crippen LogP contribution in [0.5, 0.6) is 5.75 Å². The number of hydrogen-bond acceptors (Lipinski definition) is 4. The lowest BCUT2D eigenvalue weighted by atomic mass is 10.1. The van der Waals surface area contributed by atoms with Crippen LogP contribution in [0.15, 0.2) is 23.6 Å². The standard InChI is InChI=1S/C13H13NO3S/c1-8-3-4-10(11(5-8)17-2)13-14-9(7-18-13)6-12(15)16/h3-5,7H,6H2,1-2H3,(H,15,16). The fourth-order valence-corrected chi connectivity index (χ4v) is 2.49. The molecular weight excluding hydrogens is 250 g/mol. The van der Waals surface area contributed by atoms with Crippen molar-refractivity contribution in [3.05, 3.63) is 34.8 Å². The van der Waals surface area contributed by atoms with E-state index in [0.29, 0.717) is 5.69 Å². The van der Waals surface area contributed by atoms with Crippen molar-refractivity contribution in [2.24, 2.45) is 0 Å². The van der Waals surface area contributed by atoms with Crippen molar-refractivity contribution in [1.29, 1.82) is 0 Å². The monoisotopic (exact) mass is 263 g/mol. The van der Waals surface area contributed by atoms with Gasteiger partial charge in [-0.3, -0.25) is 4.79 Å². The Hall–Kier alpha value is -1.88. The zero-order valence-corrected chi connectivity index (χ0v) is 11.0. The predicted molar refractivity (Wildman–Crippen MR) is 70.2 cm³/mol. The highest BCUT2D eigenvalue weighted by Crippen LogP contribution is 2.32. The van der Waals surface area contributed by atoms with Crippen LogP contribution in [-0.4, -0.2) is 23.2 Å². The minimum atomic E-state index is -0.872. The summed E-state index contributed by atoms with van der Waals surface area (Å²) in [6, 6.07) is 5.86. The quantitative estimate of drug-likeness (QED) is 0.921. The van der Waals surface area contributed by atoms with Crippen LogP contribution in [0.2, 0.25) is 0 Å². The van der Waals surface area contributed by atoms with E-state index in [4.69, 9.17) is 9.84 Å². The van der Waals surface area contributed by atoms with Gasteiger partial charge in [0.1, 0.15) is 10.8 Å². The Balaban J connectivity index is 2.36. The maximum atomic E-state index is 10.6. The van der Waals surface area contributed by atoms with Crippen LogP contribution < -0.4 is 4.74 Å². The van der Waals surface area contributed by atoms with E-state index < -0.39 is 5.97 Å².